The van der Waals surface area contributed by atoms with Crippen LogP contribution in [0.4, 0.5) is 23.9 Å². The number of aromatic nitrogens is 3. The minimum absolute atomic E-state index is 0.0914. The summed E-state index contributed by atoms with van der Waals surface area (Å²) in [5, 5.41) is 3.68. The third-order valence-electron chi connectivity index (χ3n) is 7.40. The van der Waals surface area contributed by atoms with Gasteiger partial charge in [0.1, 0.15) is 5.15 Å². The molecule has 3 fully saturated rings. The van der Waals surface area contributed by atoms with Gasteiger partial charge in [-0.25, -0.2) is 19.7 Å². The molecule has 1 saturated carbocycles. The standard InChI is InChI=1S/C24H29ClF3N7O/c1-15-10-34(21-30-8-18(9-31-21)24(26,27)28)11-16(2)35(15)22(36)32-19-5-23(6-19)13-33(14-23)12-17-3-4-20(25)29-7-17/h3-4,7-9,15-16,19H,5-6,10-14H2,1-2H3,(H,32,36)/t15-,16+. The number of nitrogens with one attached hydrogen (secondary N) is 1. The molecule has 0 unspecified atom stereocenters. The van der Waals surface area contributed by atoms with Crippen LogP contribution in [0.25, 0.3) is 0 Å². The van der Waals surface area contributed by atoms with Crippen molar-refractivity contribution < 1.29 is 18.0 Å². The Bertz CT molecular complexity index is 1070. The molecule has 2 atom stereocenters. The van der Waals surface area contributed by atoms with Crippen molar-refractivity contribution in [2.45, 2.75) is 57.5 Å². The number of halogens is 4. The van der Waals surface area contributed by atoms with E-state index in [1.807, 2.05) is 35.9 Å². The third kappa shape index (κ3) is 5.08. The summed E-state index contributed by atoms with van der Waals surface area (Å²) in [4.78, 5) is 31.1. The van der Waals surface area contributed by atoms with Crippen molar-refractivity contribution in [3.05, 3.63) is 47.0 Å². The minimum Gasteiger partial charge on any atom is -0.337 e. The normalized spacial score (nSPS) is 24.4. The number of carbonyl (C=O) groups is 1. The van der Waals surface area contributed by atoms with Gasteiger partial charge in [-0.05, 0) is 43.7 Å². The largest absolute Gasteiger partial charge is 0.419 e. The summed E-state index contributed by atoms with van der Waals surface area (Å²) in [5.74, 6) is 0.242. The summed E-state index contributed by atoms with van der Waals surface area (Å²) in [5.41, 5.74) is 0.552. The quantitative estimate of drug-likeness (QED) is 0.614. The molecule has 5 rings (SSSR count). The second-order valence-electron chi connectivity index (χ2n) is 10.5. The number of urea groups is 1. The molecular formula is C24H29ClF3N7O. The predicted octanol–water partition coefficient (Wildman–Crippen LogP) is 3.82. The van der Waals surface area contributed by atoms with Crippen molar-refractivity contribution >= 4 is 23.6 Å². The van der Waals surface area contributed by atoms with Gasteiger partial charge in [-0.3, -0.25) is 4.90 Å². The molecule has 1 N–H and O–H groups in total. The summed E-state index contributed by atoms with van der Waals surface area (Å²) in [6.45, 7) is 7.65. The number of amides is 2. The molecule has 1 aliphatic carbocycles. The van der Waals surface area contributed by atoms with Crippen LogP contribution in [-0.2, 0) is 12.7 Å². The molecule has 2 aromatic rings. The highest BCUT2D eigenvalue weighted by atomic mass is 35.5. The van der Waals surface area contributed by atoms with Crippen molar-refractivity contribution in [3.63, 3.8) is 0 Å². The van der Waals surface area contributed by atoms with Gasteiger partial charge in [0.2, 0.25) is 5.95 Å². The highest BCUT2D eigenvalue weighted by molar-refractivity contribution is 6.29. The Morgan fingerprint density at radius 1 is 1.08 bits per heavy atom. The summed E-state index contributed by atoms with van der Waals surface area (Å²) in [6.07, 6.45) is 0.880. The lowest BCUT2D eigenvalue weighted by molar-refractivity contribution is -0.138. The molecule has 12 heteroatoms. The first-order valence-corrected chi connectivity index (χ1v) is 12.4. The zero-order valence-electron chi connectivity index (χ0n) is 20.2. The Labute approximate surface area is 212 Å². The summed E-state index contributed by atoms with van der Waals surface area (Å²) in [7, 11) is 0. The zero-order valence-corrected chi connectivity index (χ0v) is 20.9. The monoisotopic (exact) mass is 523 g/mol. The molecule has 2 aromatic heterocycles. The van der Waals surface area contributed by atoms with Crippen LogP contribution in [0.1, 0.15) is 37.8 Å². The minimum atomic E-state index is -4.47. The zero-order chi connectivity index (χ0) is 25.7. The number of nitrogens with zero attached hydrogens (tertiary/aromatic N) is 6. The molecule has 2 aliphatic heterocycles. The van der Waals surface area contributed by atoms with Crippen LogP contribution < -0.4 is 10.2 Å². The van der Waals surface area contributed by atoms with Gasteiger partial charge in [-0.1, -0.05) is 17.7 Å². The molecule has 0 bridgehead atoms. The summed E-state index contributed by atoms with van der Waals surface area (Å²) in [6, 6.07) is 3.59. The predicted molar refractivity (Wildman–Crippen MR) is 129 cm³/mol. The van der Waals surface area contributed by atoms with Crippen molar-refractivity contribution in [3.8, 4) is 0 Å². The lowest BCUT2D eigenvalue weighted by atomic mass is 9.60. The average Bonchev–Trinajstić information content (AvgIpc) is 2.76. The number of alkyl halides is 3. The molecule has 0 aromatic carbocycles. The van der Waals surface area contributed by atoms with Crippen molar-refractivity contribution in [1.82, 2.24) is 30.1 Å². The SMILES string of the molecule is C[C@@H]1CN(c2ncc(C(F)(F)F)cn2)C[C@H](C)N1C(=O)NC1CC2(C1)CN(Cc1ccc(Cl)nc1)C2. The van der Waals surface area contributed by atoms with Crippen LogP contribution in [0, 0.1) is 5.41 Å². The molecule has 0 radical (unpaired) electrons. The molecule has 3 aliphatic rings. The molecule has 2 amide bonds. The number of anilines is 1. The average molecular weight is 524 g/mol. The van der Waals surface area contributed by atoms with Gasteiger partial charge in [-0.15, -0.1) is 0 Å². The van der Waals surface area contributed by atoms with Crippen LogP contribution in [0.3, 0.4) is 0 Å². The van der Waals surface area contributed by atoms with Gasteiger partial charge in [-0.2, -0.15) is 13.2 Å². The lowest BCUT2D eigenvalue weighted by Crippen LogP contribution is -2.68. The van der Waals surface area contributed by atoms with E-state index in [2.05, 4.69) is 25.2 Å². The lowest BCUT2D eigenvalue weighted by Gasteiger charge is -2.59. The molecule has 8 nitrogen and oxygen atoms in total. The van der Waals surface area contributed by atoms with Gasteiger partial charge in [0.05, 0.1) is 5.56 Å². The molecule has 1 spiro atoms. The van der Waals surface area contributed by atoms with E-state index in [1.165, 1.54) is 0 Å². The van der Waals surface area contributed by atoms with E-state index in [1.54, 1.807) is 6.07 Å². The number of hydrogen-bond acceptors (Lipinski definition) is 6. The van der Waals surface area contributed by atoms with Crippen LogP contribution >= 0.6 is 11.6 Å². The Balaban J connectivity index is 1.09. The first kappa shape index (κ1) is 25.0. The van der Waals surface area contributed by atoms with Crippen molar-refractivity contribution in [1.29, 1.82) is 0 Å². The molecule has 194 valence electrons. The maximum Gasteiger partial charge on any atom is 0.419 e. The smallest absolute Gasteiger partial charge is 0.337 e. The van der Waals surface area contributed by atoms with Crippen LogP contribution in [-0.4, -0.2) is 75.1 Å². The fraction of sp³-hybridized carbons (Fsp3) is 0.583. The van der Waals surface area contributed by atoms with Gasteiger partial charge in [0.25, 0.3) is 0 Å². The van der Waals surface area contributed by atoms with E-state index >= 15 is 0 Å². The second kappa shape index (κ2) is 9.33. The Morgan fingerprint density at radius 3 is 2.28 bits per heavy atom. The second-order valence-corrected chi connectivity index (χ2v) is 10.9. The number of pyridine rings is 1. The van der Waals surface area contributed by atoms with E-state index in [0.717, 1.165) is 50.4 Å². The maximum atomic E-state index is 13.1. The number of hydrogen-bond donors (Lipinski definition) is 1. The van der Waals surface area contributed by atoms with E-state index in [0.29, 0.717) is 18.2 Å². The maximum absolute atomic E-state index is 13.1. The van der Waals surface area contributed by atoms with Gasteiger partial charge < -0.3 is 15.1 Å². The fourth-order valence-corrected chi connectivity index (χ4v) is 6.00. The fourth-order valence-electron chi connectivity index (χ4n) is 5.88. The first-order chi connectivity index (χ1) is 17.0. The third-order valence-corrected chi connectivity index (χ3v) is 7.62. The summed E-state index contributed by atoms with van der Waals surface area (Å²) >= 11 is 5.85. The van der Waals surface area contributed by atoms with Gasteiger partial charge in [0.15, 0.2) is 0 Å². The number of rotatable bonds is 4. The van der Waals surface area contributed by atoms with Crippen LogP contribution in [0.15, 0.2) is 30.7 Å². The van der Waals surface area contributed by atoms with Gasteiger partial charge >= 0.3 is 12.2 Å². The Kier molecular flexibility index (Phi) is 6.48. The van der Waals surface area contributed by atoms with E-state index in [9.17, 15) is 18.0 Å². The van der Waals surface area contributed by atoms with E-state index in [4.69, 9.17) is 11.6 Å². The molecule has 2 saturated heterocycles. The molecule has 4 heterocycles. The van der Waals surface area contributed by atoms with Crippen LogP contribution in [0.5, 0.6) is 0 Å². The number of carbonyl (C=O) groups excluding carboxylic acids is 1. The van der Waals surface area contributed by atoms with Crippen molar-refractivity contribution in [2.75, 3.05) is 31.1 Å². The van der Waals surface area contributed by atoms with E-state index < -0.39 is 11.7 Å². The summed E-state index contributed by atoms with van der Waals surface area (Å²) < 4.78 is 38.4. The highest BCUT2D eigenvalue weighted by Crippen LogP contribution is 2.48. The van der Waals surface area contributed by atoms with E-state index in [-0.39, 0.29) is 35.5 Å². The van der Waals surface area contributed by atoms with Gasteiger partial charge in [0, 0.05) is 69.4 Å². The Morgan fingerprint density at radius 2 is 1.72 bits per heavy atom. The topological polar surface area (TPSA) is 77.5 Å². The molecular weight excluding hydrogens is 495 g/mol. The highest BCUT2D eigenvalue weighted by Gasteiger charge is 2.52. The number of piperazine rings is 1. The number of likely N-dealkylation sites (tertiary alicyclic amines) is 1. The van der Waals surface area contributed by atoms with Crippen molar-refractivity contribution in [2.24, 2.45) is 5.41 Å². The molecule has 36 heavy (non-hydrogen) atoms. The first-order valence-electron chi connectivity index (χ1n) is 12.1. The Hall–Kier alpha value is -2.66. The van der Waals surface area contributed by atoms with Crippen LogP contribution in [0.2, 0.25) is 5.15 Å².